The molecule has 1 amide bonds. The molecule has 1 rings (SSSR count). The molecule has 4 N–H and O–H groups in total. The Morgan fingerprint density at radius 1 is 1.24 bits per heavy atom. The van der Waals surface area contributed by atoms with Gasteiger partial charge in [0.2, 0.25) is 0 Å². The fourth-order valence-electron chi connectivity index (χ4n) is 1.67. The van der Waals surface area contributed by atoms with Crippen LogP contribution >= 0.6 is 0 Å². The molecule has 0 unspecified atom stereocenters. The lowest BCUT2D eigenvalue weighted by molar-refractivity contribution is 0.0935. The van der Waals surface area contributed by atoms with Crippen LogP contribution in [0.4, 0.5) is 5.82 Å². The van der Waals surface area contributed by atoms with Crippen molar-refractivity contribution in [3.05, 3.63) is 23.4 Å². The molecule has 0 atom stereocenters. The molecule has 0 radical (unpaired) electrons. The van der Waals surface area contributed by atoms with Crippen molar-refractivity contribution >= 4 is 11.7 Å². The van der Waals surface area contributed by atoms with E-state index in [1.165, 1.54) is 0 Å². The van der Waals surface area contributed by atoms with Crippen molar-refractivity contribution in [1.82, 2.24) is 10.3 Å². The molecule has 0 aromatic carbocycles. The summed E-state index contributed by atoms with van der Waals surface area (Å²) in [5.41, 5.74) is 3.88. The summed E-state index contributed by atoms with van der Waals surface area (Å²) in [5.74, 6) is 5.86. The molecular formula is C16H28N4O. The van der Waals surface area contributed by atoms with Crippen LogP contribution in [0, 0.1) is 5.41 Å². The SMILES string of the molecule is CCC(C)(C)CNC(=O)c1cc(NN)nc(C(C)(C)C)c1. The minimum Gasteiger partial charge on any atom is -0.351 e. The van der Waals surface area contributed by atoms with Gasteiger partial charge in [0.15, 0.2) is 0 Å². The molecule has 0 fully saturated rings. The summed E-state index contributed by atoms with van der Waals surface area (Å²) in [6.45, 7) is 13.2. The van der Waals surface area contributed by atoms with Crippen LogP contribution in [-0.2, 0) is 5.41 Å². The number of nitrogens with one attached hydrogen (secondary N) is 2. The second-order valence-electron chi connectivity index (χ2n) is 7.22. The second-order valence-corrected chi connectivity index (χ2v) is 7.22. The van der Waals surface area contributed by atoms with Gasteiger partial charge in [-0.25, -0.2) is 10.8 Å². The molecule has 0 saturated carbocycles. The Balaban J connectivity index is 2.99. The number of nitrogens with zero attached hydrogens (tertiary/aromatic N) is 1. The first kappa shape index (κ1) is 17.4. The number of nitrogen functional groups attached to an aromatic ring is 1. The van der Waals surface area contributed by atoms with Gasteiger partial charge >= 0.3 is 0 Å². The Morgan fingerprint density at radius 3 is 2.33 bits per heavy atom. The number of hydrogen-bond acceptors (Lipinski definition) is 4. The smallest absolute Gasteiger partial charge is 0.251 e. The van der Waals surface area contributed by atoms with Gasteiger partial charge < -0.3 is 10.7 Å². The van der Waals surface area contributed by atoms with Crippen LogP contribution < -0.4 is 16.6 Å². The van der Waals surface area contributed by atoms with E-state index < -0.39 is 0 Å². The molecule has 1 heterocycles. The van der Waals surface area contributed by atoms with Crippen molar-refractivity contribution in [2.45, 2.75) is 53.4 Å². The molecule has 21 heavy (non-hydrogen) atoms. The van der Waals surface area contributed by atoms with Crippen molar-refractivity contribution in [1.29, 1.82) is 0 Å². The number of carbonyl (C=O) groups is 1. The number of hydrazine groups is 1. The van der Waals surface area contributed by atoms with Crippen LogP contribution in [0.3, 0.4) is 0 Å². The Hall–Kier alpha value is -1.62. The molecule has 1 aromatic heterocycles. The summed E-state index contributed by atoms with van der Waals surface area (Å²) in [6, 6.07) is 3.50. The second kappa shape index (κ2) is 6.43. The van der Waals surface area contributed by atoms with Gasteiger partial charge in [0.1, 0.15) is 5.82 Å². The third-order valence-electron chi connectivity index (χ3n) is 3.69. The number of aromatic nitrogens is 1. The maximum Gasteiger partial charge on any atom is 0.251 e. The predicted molar refractivity (Wildman–Crippen MR) is 87.2 cm³/mol. The lowest BCUT2D eigenvalue weighted by Crippen LogP contribution is -2.34. The van der Waals surface area contributed by atoms with Gasteiger partial charge in [-0.05, 0) is 24.0 Å². The zero-order valence-corrected chi connectivity index (χ0v) is 14.0. The van der Waals surface area contributed by atoms with Crippen molar-refractivity contribution in [3.8, 4) is 0 Å². The molecule has 5 heteroatoms. The largest absolute Gasteiger partial charge is 0.351 e. The lowest BCUT2D eigenvalue weighted by Gasteiger charge is -2.23. The van der Waals surface area contributed by atoms with E-state index in [-0.39, 0.29) is 16.7 Å². The molecule has 0 bridgehead atoms. The van der Waals surface area contributed by atoms with Crippen LogP contribution in [-0.4, -0.2) is 17.4 Å². The average molecular weight is 292 g/mol. The van der Waals surface area contributed by atoms with Crippen LogP contribution in [0.15, 0.2) is 12.1 Å². The summed E-state index contributed by atoms with van der Waals surface area (Å²) in [6.07, 6.45) is 1.01. The standard InChI is InChI=1S/C16H28N4O/c1-7-16(5,6)10-18-14(21)11-8-12(15(2,3)4)19-13(9-11)20-17/h8-9H,7,10,17H2,1-6H3,(H,18,21)(H,19,20). The van der Waals surface area contributed by atoms with Crippen molar-refractivity contribution < 1.29 is 4.79 Å². The molecule has 0 spiro atoms. The summed E-state index contributed by atoms with van der Waals surface area (Å²) in [5, 5.41) is 2.98. The van der Waals surface area contributed by atoms with E-state index in [0.717, 1.165) is 12.1 Å². The highest BCUT2D eigenvalue weighted by Gasteiger charge is 2.21. The van der Waals surface area contributed by atoms with E-state index >= 15 is 0 Å². The van der Waals surface area contributed by atoms with Crippen LogP contribution in [0.2, 0.25) is 0 Å². The van der Waals surface area contributed by atoms with Crippen molar-refractivity contribution in [3.63, 3.8) is 0 Å². The normalized spacial score (nSPS) is 12.1. The third kappa shape index (κ3) is 5.01. The number of rotatable bonds is 5. The first-order valence-corrected chi connectivity index (χ1v) is 7.36. The third-order valence-corrected chi connectivity index (χ3v) is 3.69. The van der Waals surface area contributed by atoms with E-state index in [2.05, 4.69) is 57.3 Å². The van der Waals surface area contributed by atoms with Gasteiger partial charge in [-0.1, -0.05) is 41.5 Å². The number of anilines is 1. The lowest BCUT2D eigenvalue weighted by atomic mass is 9.89. The minimum atomic E-state index is -0.148. The minimum absolute atomic E-state index is 0.0878. The number of hydrogen-bond donors (Lipinski definition) is 3. The Bertz CT molecular complexity index is 503. The van der Waals surface area contributed by atoms with E-state index in [0.29, 0.717) is 17.9 Å². The topological polar surface area (TPSA) is 80.0 Å². The summed E-state index contributed by atoms with van der Waals surface area (Å²) in [4.78, 5) is 16.8. The van der Waals surface area contributed by atoms with Gasteiger partial charge in [0, 0.05) is 23.2 Å². The highest BCUT2D eigenvalue weighted by Crippen LogP contribution is 2.23. The number of nitrogens with two attached hydrogens (primary N) is 1. The molecule has 0 aliphatic rings. The van der Waals surface area contributed by atoms with Gasteiger partial charge in [0.25, 0.3) is 5.91 Å². The molecule has 1 aromatic rings. The van der Waals surface area contributed by atoms with Crippen LogP contribution in [0.5, 0.6) is 0 Å². The summed E-state index contributed by atoms with van der Waals surface area (Å²) in [7, 11) is 0. The average Bonchev–Trinajstić information content (AvgIpc) is 2.43. The highest BCUT2D eigenvalue weighted by atomic mass is 16.1. The van der Waals surface area contributed by atoms with E-state index in [9.17, 15) is 4.79 Å². The zero-order valence-electron chi connectivity index (χ0n) is 14.0. The maximum absolute atomic E-state index is 12.3. The maximum atomic E-state index is 12.3. The van der Waals surface area contributed by atoms with Gasteiger partial charge in [-0.2, -0.15) is 0 Å². The molecule has 0 saturated heterocycles. The van der Waals surface area contributed by atoms with E-state index in [1.54, 1.807) is 6.07 Å². The van der Waals surface area contributed by atoms with Gasteiger partial charge in [-0.3, -0.25) is 4.79 Å². The summed E-state index contributed by atoms with van der Waals surface area (Å²) >= 11 is 0. The monoisotopic (exact) mass is 292 g/mol. The van der Waals surface area contributed by atoms with E-state index in [1.807, 2.05) is 6.07 Å². The number of amides is 1. The van der Waals surface area contributed by atoms with Gasteiger partial charge in [0.05, 0.1) is 0 Å². The fourth-order valence-corrected chi connectivity index (χ4v) is 1.67. The highest BCUT2D eigenvalue weighted by molar-refractivity contribution is 5.95. The fraction of sp³-hybridized carbons (Fsp3) is 0.625. The number of carbonyl (C=O) groups excluding carboxylic acids is 1. The summed E-state index contributed by atoms with van der Waals surface area (Å²) < 4.78 is 0. The van der Waals surface area contributed by atoms with Crippen molar-refractivity contribution in [2.24, 2.45) is 11.3 Å². The van der Waals surface area contributed by atoms with Gasteiger partial charge in [-0.15, -0.1) is 0 Å². The first-order valence-electron chi connectivity index (χ1n) is 7.36. The van der Waals surface area contributed by atoms with Crippen LogP contribution in [0.25, 0.3) is 0 Å². The quantitative estimate of drug-likeness (QED) is 0.576. The molecule has 118 valence electrons. The molecular weight excluding hydrogens is 264 g/mol. The Morgan fingerprint density at radius 2 is 1.86 bits per heavy atom. The predicted octanol–water partition coefficient (Wildman–Crippen LogP) is 2.83. The van der Waals surface area contributed by atoms with Crippen LogP contribution in [0.1, 0.15) is 64.0 Å². The molecule has 0 aliphatic carbocycles. The Kier molecular flexibility index (Phi) is 5.34. The van der Waals surface area contributed by atoms with E-state index in [4.69, 9.17) is 5.84 Å². The number of pyridine rings is 1. The van der Waals surface area contributed by atoms with Crippen molar-refractivity contribution in [2.75, 3.05) is 12.0 Å². The Labute approximate surface area is 127 Å². The first-order chi connectivity index (χ1) is 9.59. The molecule has 0 aliphatic heterocycles. The molecule has 5 nitrogen and oxygen atoms in total. The zero-order chi connectivity index (χ0) is 16.3.